The SMILES string of the molecule is O=C(N/N=C/c1c(OCc2ccccc2F)ccc2ccccc12)c1ccccc1OCc1ccccc1. The van der Waals surface area contributed by atoms with E-state index in [0.717, 1.165) is 16.3 Å². The molecule has 5 aromatic rings. The van der Waals surface area contributed by atoms with E-state index in [1.54, 1.807) is 42.6 Å². The Balaban J connectivity index is 1.34. The number of hydrogen-bond donors (Lipinski definition) is 1. The van der Waals surface area contributed by atoms with Crippen LogP contribution in [0.1, 0.15) is 27.0 Å². The lowest BCUT2D eigenvalue weighted by Crippen LogP contribution is -2.18. The zero-order chi connectivity index (χ0) is 26.2. The molecular formula is C32H25FN2O3. The van der Waals surface area contributed by atoms with Crippen molar-refractivity contribution in [1.29, 1.82) is 0 Å². The first kappa shape index (κ1) is 24.7. The number of carbonyl (C=O) groups is 1. The summed E-state index contributed by atoms with van der Waals surface area (Å²) in [5.41, 5.74) is 5.09. The minimum Gasteiger partial charge on any atom is -0.488 e. The number of nitrogens with one attached hydrogen (secondary N) is 1. The Kier molecular flexibility index (Phi) is 7.70. The lowest BCUT2D eigenvalue weighted by Gasteiger charge is -2.13. The minimum absolute atomic E-state index is 0.0599. The van der Waals surface area contributed by atoms with Crippen molar-refractivity contribution in [2.24, 2.45) is 5.10 Å². The predicted molar refractivity (Wildman–Crippen MR) is 147 cm³/mol. The smallest absolute Gasteiger partial charge is 0.275 e. The van der Waals surface area contributed by atoms with Gasteiger partial charge in [0.15, 0.2) is 0 Å². The second kappa shape index (κ2) is 11.8. The summed E-state index contributed by atoms with van der Waals surface area (Å²) in [6.07, 6.45) is 1.55. The molecular weight excluding hydrogens is 479 g/mol. The Bertz CT molecular complexity index is 1580. The monoisotopic (exact) mass is 504 g/mol. The van der Waals surface area contributed by atoms with Crippen LogP contribution in [0, 0.1) is 5.82 Å². The number of hydrogen-bond acceptors (Lipinski definition) is 4. The molecule has 0 fully saturated rings. The summed E-state index contributed by atoms with van der Waals surface area (Å²) in [4.78, 5) is 13.0. The standard InChI is InChI=1S/C32H25FN2O3/c33-29-16-8-5-13-25(29)22-38-31-19-18-24-12-4-6-14-26(24)28(31)20-34-35-32(36)27-15-7-9-17-30(27)37-21-23-10-2-1-3-11-23/h1-20H,21-22H2,(H,35,36)/b34-20+. The average molecular weight is 505 g/mol. The third-order valence-electron chi connectivity index (χ3n) is 6.00. The maximum Gasteiger partial charge on any atom is 0.275 e. The molecule has 1 amide bonds. The van der Waals surface area contributed by atoms with E-state index in [-0.39, 0.29) is 12.4 Å². The Morgan fingerprint density at radius 3 is 2.32 bits per heavy atom. The topological polar surface area (TPSA) is 59.9 Å². The van der Waals surface area contributed by atoms with Crippen LogP contribution >= 0.6 is 0 Å². The first-order valence-corrected chi connectivity index (χ1v) is 12.2. The fourth-order valence-electron chi connectivity index (χ4n) is 4.04. The predicted octanol–water partition coefficient (Wildman–Crippen LogP) is 6.90. The van der Waals surface area contributed by atoms with Crippen molar-refractivity contribution in [3.05, 3.63) is 143 Å². The van der Waals surface area contributed by atoms with Gasteiger partial charge in [-0.05, 0) is 40.6 Å². The molecule has 5 rings (SSSR count). The molecule has 5 aromatic carbocycles. The van der Waals surface area contributed by atoms with Crippen LogP contribution < -0.4 is 14.9 Å². The highest BCUT2D eigenvalue weighted by Gasteiger charge is 2.13. The minimum atomic E-state index is -0.404. The molecule has 0 aliphatic heterocycles. The zero-order valence-corrected chi connectivity index (χ0v) is 20.5. The van der Waals surface area contributed by atoms with E-state index in [2.05, 4.69) is 10.5 Å². The van der Waals surface area contributed by atoms with Crippen molar-refractivity contribution in [2.75, 3.05) is 0 Å². The van der Waals surface area contributed by atoms with Crippen LogP contribution in [0.4, 0.5) is 4.39 Å². The number of amides is 1. The summed E-state index contributed by atoms with van der Waals surface area (Å²) in [6, 6.07) is 34.8. The van der Waals surface area contributed by atoms with E-state index in [9.17, 15) is 9.18 Å². The number of hydrazone groups is 1. The molecule has 0 bridgehead atoms. The van der Waals surface area contributed by atoms with Gasteiger partial charge in [-0.2, -0.15) is 5.10 Å². The summed E-state index contributed by atoms with van der Waals surface area (Å²) in [5, 5.41) is 6.10. The molecule has 38 heavy (non-hydrogen) atoms. The number of ether oxygens (including phenoxy) is 2. The van der Waals surface area contributed by atoms with Crippen molar-refractivity contribution in [1.82, 2.24) is 5.43 Å². The van der Waals surface area contributed by atoms with Crippen molar-refractivity contribution < 1.29 is 18.7 Å². The fourth-order valence-corrected chi connectivity index (χ4v) is 4.04. The van der Waals surface area contributed by atoms with Crippen LogP contribution in [0.15, 0.2) is 120 Å². The summed E-state index contributed by atoms with van der Waals surface area (Å²) in [6.45, 7) is 0.400. The summed E-state index contributed by atoms with van der Waals surface area (Å²) in [7, 11) is 0. The number of nitrogens with zero attached hydrogens (tertiary/aromatic N) is 1. The summed E-state index contributed by atoms with van der Waals surface area (Å²) < 4.78 is 26.0. The van der Waals surface area contributed by atoms with Gasteiger partial charge < -0.3 is 9.47 Å². The quantitative estimate of drug-likeness (QED) is 0.175. The van der Waals surface area contributed by atoms with E-state index in [1.165, 1.54) is 6.07 Å². The Morgan fingerprint density at radius 2 is 1.45 bits per heavy atom. The maximum absolute atomic E-state index is 14.1. The van der Waals surface area contributed by atoms with Crippen LogP contribution in [0.5, 0.6) is 11.5 Å². The molecule has 0 aromatic heterocycles. The van der Waals surface area contributed by atoms with E-state index >= 15 is 0 Å². The molecule has 0 heterocycles. The zero-order valence-electron chi connectivity index (χ0n) is 20.5. The molecule has 0 radical (unpaired) electrons. The Hall–Kier alpha value is -4.97. The van der Waals surface area contributed by atoms with Crippen LogP contribution in [0.2, 0.25) is 0 Å². The highest BCUT2D eigenvalue weighted by Crippen LogP contribution is 2.28. The van der Waals surface area contributed by atoms with E-state index in [4.69, 9.17) is 9.47 Å². The second-order valence-corrected chi connectivity index (χ2v) is 8.55. The first-order chi connectivity index (χ1) is 18.7. The molecule has 0 saturated carbocycles. The number of para-hydroxylation sites is 1. The van der Waals surface area contributed by atoms with Crippen LogP contribution in [0.25, 0.3) is 10.8 Å². The van der Waals surface area contributed by atoms with Gasteiger partial charge in [0, 0.05) is 11.1 Å². The summed E-state index contributed by atoms with van der Waals surface area (Å²) in [5.74, 6) is 0.252. The third-order valence-corrected chi connectivity index (χ3v) is 6.00. The third kappa shape index (κ3) is 5.87. The van der Waals surface area contributed by atoms with Crippen LogP contribution in [0.3, 0.4) is 0 Å². The molecule has 0 aliphatic rings. The normalized spacial score (nSPS) is 11.0. The van der Waals surface area contributed by atoms with Gasteiger partial charge in [0.2, 0.25) is 0 Å². The van der Waals surface area contributed by atoms with Crippen molar-refractivity contribution >= 4 is 22.9 Å². The van der Waals surface area contributed by atoms with E-state index in [0.29, 0.717) is 34.8 Å². The Morgan fingerprint density at radius 1 is 0.737 bits per heavy atom. The lowest BCUT2D eigenvalue weighted by atomic mass is 10.0. The molecule has 0 unspecified atom stereocenters. The van der Waals surface area contributed by atoms with Gasteiger partial charge in [0.25, 0.3) is 5.91 Å². The number of rotatable bonds is 9. The van der Waals surface area contributed by atoms with Crippen molar-refractivity contribution in [3.8, 4) is 11.5 Å². The molecule has 6 heteroatoms. The van der Waals surface area contributed by atoms with Gasteiger partial charge in [-0.25, -0.2) is 9.82 Å². The molecule has 1 N–H and O–H groups in total. The van der Waals surface area contributed by atoms with E-state index < -0.39 is 5.91 Å². The highest BCUT2D eigenvalue weighted by molar-refractivity contribution is 6.03. The first-order valence-electron chi connectivity index (χ1n) is 12.2. The van der Waals surface area contributed by atoms with Gasteiger partial charge in [0.1, 0.15) is 30.5 Å². The fraction of sp³-hybridized carbons (Fsp3) is 0.0625. The molecule has 0 atom stereocenters. The number of fused-ring (bicyclic) bond motifs is 1. The van der Waals surface area contributed by atoms with E-state index in [1.807, 2.05) is 72.8 Å². The number of benzene rings is 5. The van der Waals surface area contributed by atoms with Crippen LogP contribution in [-0.2, 0) is 13.2 Å². The number of halogens is 1. The van der Waals surface area contributed by atoms with Gasteiger partial charge in [-0.15, -0.1) is 0 Å². The average Bonchev–Trinajstić information content (AvgIpc) is 2.97. The molecule has 0 spiro atoms. The molecule has 188 valence electrons. The van der Waals surface area contributed by atoms with Crippen molar-refractivity contribution in [2.45, 2.75) is 13.2 Å². The van der Waals surface area contributed by atoms with Gasteiger partial charge in [-0.3, -0.25) is 4.79 Å². The van der Waals surface area contributed by atoms with Gasteiger partial charge in [-0.1, -0.05) is 91.0 Å². The van der Waals surface area contributed by atoms with Crippen molar-refractivity contribution in [3.63, 3.8) is 0 Å². The molecule has 0 aliphatic carbocycles. The highest BCUT2D eigenvalue weighted by atomic mass is 19.1. The second-order valence-electron chi connectivity index (χ2n) is 8.55. The summed E-state index contributed by atoms with van der Waals surface area (Å²) >= 11 is 0. The largest absolute Gasteiger partial charge is 0.488 e. The lowest BCUT2D eigenvalue weighted by molar-refractivity contribution is 0.0950. The van der Waals surface area contributed by atoms with Gasteiger partial charge >= 0.3 is 0 Å². The molecule has 5 nitrogen and oxygen atoms in total. The number of carbonyl (C=O) groups excluding carboxylic acids is 1. The molecule has 0 saturated heterocycles. The Labute approximate surface area is 220 Å². The van der Waals surface area contributed by atoms with Gasteiger partial charge in [0.05, 0.1) is 11.8 Å². The maximum atomic E-state index is 14.1. The van der Waals surface area contributed by atoms with Crippen LogP contribution in [-0.4, -0.2) is 12.1 Å².